The minimum atomic E-state index is -3.28. The molecule has 0 bridgehead atoms. The van der Waals surface area contributed by atoms with E-state index in [0.29, 0.717) is 10.6 Å². The molecule has 0 aliphatic heterocycles. The molecule has 1 saturated carbocycles. The molecule has 3 aromatic rings. The van der Waals surface area contributed by atoms with Crippen LogP contribution in [0.4, 0.5) is 5.69 Å². The number of anilines is 1. The molecule has 0 saturated heterocycles. The summed E-state index contributed by atoms with van der Waals surface area (Å²) in [5.74, 6) is 0. The number of fused-ring (bicyclic) bond motifs is 1. The number of sulfonamides is 1. The molecule has 0 atom stereocenters. The van der Waals surface area contributed by atoms with Crippen molar-refractivity contribution in [2.45, 2.75) is 38.0 Å². The van der Waals surface area contributed by atoms with E-state index in [9.17, 15) is 8.42 Å². The zero-order valence-electron chi connectivity index (χ0n) is 14.6. The molecule has 0 spiro atoms. The van der Waals surface area contributed by atoms with Gasteiger partial charge in [0.25, 0.3) is 0 Å². The monoisotopic (exact) mass is 385 g/mol. The van der Waals surface area contributed by atoms with Crippen molar-refractivity contribution in [2.24, 2.45) is 0 Å². The fourth-order valence-electron chi connectivity index (χ4n) is 3.11. The molecule has 1 N–H and O–H groups in total. The molecular weight excluding hydrogens is 366 g/mol. The van der Waals surface area contributed by atoms with Gasteiger partial charge in [-0.15, -0.1) is 11.3 Å². The summed E-state index contributed by atoms with van der Waals surface area (Å²) in [6.45, 7) is 4.19. The maximum Gasteiger partial charge on any atom is 0.235 e. The number of aromatic nitrogens is 1. The van der Waals surface area contributed by atoms with Crippen molar-refractivity contribution in [1.29, 1.82) is 5.26 Å². The lowest BCUT2D eigenvalue weighted by molar-refractivity contribution is 0.600. The Kier molecular flexibility index (Phi) is 4.05. The largest absolute Gasteiger partial charge is 0.344 e. The normalized spacial score (nSPS) is 14.7. The number of nitrogens with one attached hydrogen (secondary N) is 1. The van der Waals surface area contributed by atoms with Crippen molar-refractivity contribution in [1.82, 2.24) is 4.57 Å². The minimum absolute atomic E-state index is 0.233. The fraction of sp³-hybridized carbons (Fsp3) is 0.316. The van der Waals surface area contributed by atoms with Crippen molar-refractivity contribution in [3.8, 4) is 16.5 Å². The lowest BCUT2D eigenvalue weighted by atomic mass is 10.1. The van der Waals surface area contributed by atoms with Crippen LogP contribution in [0.15, 0.2) is 36.5 Å². The van der Waals surface area contributed by atoms with E-state index >= 15 is 0 Å². The van der Waals surface area contributed by atoms with E-state index in [0.717, 1.165) is 34.2 Å². The summed E-state index contributed by atoms with van der Waals surface area (Å²) in [6.07, 6.45) is 3.56. The molecular formula is C19H19N3O2S2. The van der Waals surface area contributed by atoms with Gasteiger partial charge < -0.3 is 4.57 Å². The molecule has 134 valence electrons. The third kappa shape index (κ3) is 3.00. The quantitative estimate of drug-likeness (QED) is 0.690. The van der Waals surface area contributed by atoms with Gasteiger partial charge >= 0.3 is 0 Å². The Balaban J connectivity index is 1.82. The first-order chi connectivity index (χ1) is 12.4. The number of nitriles is 1. The van der Waals surface area contributed by atoms with Gasteiger partial charge in [0.1, 0.15) is 10.9 Å². The topological polar surface area (TPSA) is 74.9 Å². The van der Waals surface area contributed by atoms with Gasteiger partial charge in [0, 0.05) is 28.1 Å². The Bertz CT molecular complexity index is 1130. The van der Waals surface area contributed by atoms with E-state index in [2.05, 4.69) is 35.4 Å². The third-order valence-electron chi connectivity index (χ3n) is 4.60. The van der Waals surface area contributed by atoms with Crippen LogP contribution in [0, 0.1) is 11.3 Å². The number of nitrogens with zero attached hydrogens (tertiary/aromatic N) is 2. The standard InChI is InChI=1S/C19H19N3O2S2/c1-12(2)22-11-17(19-8-4-14(10-20)25-19)16-7-3-13(9-18(16)22)21-26(23,24)15-5-6-15/h3-4,7-9,11-12,15,21H,5-6H2,1-2H3. The molecule has 0 radical (unpaired) electrons. The van der Waals surface area contributed by atoms with Crippen LogP contribution in [0.25, 0.3) is 21.3 Å². The van der Waals surface area contributed by atoms with Crippen molar-refractivity contribution in [2.75, 3.05) is 4.72 Å². The number of hydrogen-bond donors (Lipinski definition) is 1. The van der Waals surface area contributed by atoms with Crippen molar-refractivity contribution >= 4 is 38.0 Å². The van der Waals surface area contributed by atoms with E-state index in [1.165, 1.54) is 11.3 Å². The molecule has 1 aliphatic carbocycles. The predicted molar refractivity (Wildman–Crippen MR) is 106 cm³/mol. The fourth-order valence-corrected chi connectivity index (χ4v) is 5.31. The molecule has 1 fully saturated rings. The van der Waals surface area contributed by atoms with Gasteiger partial charge in [-0.2, -0.15) is 5.26 Å². The molecule has 1 aliphatic rings. The Morgan fingerprint density at radius 2 is 2.04 bits per heavy atom. The second-order valence-corrected chi connectivity index (χ2v) is 9.94. The van der Waals surface area contributed by atoms with Gasteiger partial charge in [0.2, 0.25) is 10.0 Å². The summed E-state index contributed by atoms with van der Waals surface area (Å²) in [5, 5.41) is 9.90. The first-order valence-corrected chi connectivity index (χ1v) is 10.9. The first-order valence-electron chi connectivity index (χ1n) is 8.55. The van der Waals surface area contributed by atoms with Crippen molar-refractivity contribution in [3.63, 3.8) is 0 Å². The highest BCUT2D eigenvalue weighted by Gasteiger charge is 2.35. The Morgan fingerprint density at radius 1 is 1.27 bits per heavy atom. The SMILES string of the molecule is CC(C)n1cc(-c2ccc(C#N)s2)c2ccc(NS(=O)(=O)C3CC3)cc21. The maximum absolute atomic E-state index is 12.2. The van der Waals surface area contributed by atoms with Crippen LogP contribution in [0.5, 0.6) is 0 Å². The summed E-state index contributed by atoms with van der Waals surface area (Å²) >= 11 is 1.47. The average molecular weight is 386 g/mol. The van der Waals surface area contributed by atoms with Crippen LogP contribution in [-0.4, -0.2) is 18.2 Å². The first kappa shape index (κ1) is 17.1. The second-order valence-electron chi connectivity index (χ2n) is 6.90. The van der Waals surface area contributed by atoms with E-state index in [-0.39, 0.29) is 11.3 Å². The van der Waals surface area contributed by atoms with Gasteiger partial charge in [-0.25, -0.2) is 8.42 Å². The van der Waals surface area contributed by atoms with Gasteiger partial charge in [0.15, 0.2) is 0 Å². The van der Waals surface area contributed by atoms with Crippen LogP contribution < -0.4 is 4.72 Å². The summed E-state index contributed by atoms with van der Waals surface area (Å²) in [5.41, 5.74) is 2.65. The zero-order chi connectivity index (χ0) is 18.5. The lowest BCUT2D eigenvalue weighted by Gasteiger charge is -2.11. The Labute approximate surface area is 156 Å². The predicted octanol–water partition coefficient (Wildman–Crippen LogP) is 4.73. The molecule has 4 rings (SSSR count). The van der Waals surface area contributed by atoms with Crippen molar-refractivity contribution in [3.05, 3.63) is 41.4 Å². The summed E-state index contributed by atoms with van der Waals surface area (Å²) in [7, 11) is -3.28. The molecule has 0 amide bonds. The van der Waals surface area contributed by atoms with Crippen LogP contribution in [-0.2, 0) is 10.0 Å². The second kappa shape index (κ2) is 6.15. The highest BCUT2D eigenvalue weighted by Crippen LogP contribution is 2.38. The average Bonchev–Trinajstić information content (AvgIpc) is 3.24. The number of hydrogen-bond acceptors (Lipinski definition) is 4. The van der Waals surface area contributed by atoms with Gasteiger partial charge in [-0.1, -0.05) is 6.07 Å². The lowest BCUT2D eigenvalue weighted by Crippen LogP contribution is -2.17. The molecule has 5 nitrogen and oxygen atoms in total. The highest BCUT2D eigenvalue weighted by molar-refractivity contribution is 7.93. The van der Waals surface area contributed by atoms with Gasteiger partial charge in [0.05, 0.1) is 16.5 Å². The van der Waals surface area contributed by atoms with Gasteiger partial charge in [-0.3, -0.25) is 4.72 Å². The molecule has 0 unspecified atom stereocenters. The molecule has 7 heteroatoms. The number of benzene rings is 1. The van der Waals surface area contributed by atoms with Crippen LogP contribution in [0.2, 0.25) is 0 Å². The minimum Gasteiger partial charge on any atom is -0.344 e. The molecule has 2 aromatic heterocycles. The summed E-state index contributed by atoms with van der Waals surface area (Å²) in [6, 6.07) is 11.9. The van der Waals surface area contributed by atoms with Crippen molar-refractivity contribution < 1.29 is 8.42 Å². The van der Waals surface area contributed by atoms with E-state index in [4.69, 9.17) is 5.26 Å². The van der Waals surface area contributed by atoms with Gasteiger partial charge in [-0.05, 0) is 51.0 Å². The smallest absolute Gasteiger partial charge is 0.235 e. The molecule has 26 heavy (non-hydrogen) atoms. The van der Waals surface area contributed by atoms with E-state index in [1.807, 2.05) is 30.3 Å². The van der Waals surface area contributed by atoms with E-state index in [1.54, 1.807) is 0 Å². The van der Waals surface area contributed by atoms with Crippen LogP contribution >= 0.6 is 11.3 Å². The summed E-state index contributed by atoms with van der Waals surface area (Å²) in [4.78, 5) is 1.72. The highest BCUT2D eigenvalue weighted by atomic mass is 32.2. The third-order valence-corrected chi connectivity index (χ3v) is 7.49. The van der Waals surface area contributed by atoms with Crippen LogP contribution in [0.3, 0.4) is 0 Å². The van der Waals surface area contributed by atoms with E-state index < -0.39 is 10.0 Å². The number of thiophene rings is 1. The van der Waals surface area contributed by atoms with Crippen LogP contribution in [0.1, 0.15) is 37.6 Å². The Hall–Kier alpha value is -2.30. The molecule has 1 aromatic carbocycles. The maximum atomic E-state index is 12.2. The molecule has 2 heterocycles. The zero-order valence-corrected chi connectivity index (χ0v) is 16.2. The summed E-state index contributed by atoms with van der Waals surface area (Å²) < 4.78 is 29.3. The number of rotatable bonds is 5. The Morgan fingerprint density at radius 3 is 2.65 bits per heavy atom.